The fraction of sp³-hybridized carbons (Fsp3) is 0.444. The average molecular weight is 240 g/mol. The van der Waals surface area contributed by atoms with E-state index in [0.29, 0.717) is 30.2 Å². The Morgan fingerprint density at radius 2 is 2.50 bits per heavy atom. The number of aromatic nitrogens is 1. The number of carbonyl (C=O) groups is 2. The highest BCUT2D eigenvalue weighted by Gasteiger charge is 2.20. The Morgan fingerprint density at radius 1 is 1.69 bits per heavy atom. The van der Waals surface area contributed by atoms with Crippen molar-refractivity contribution < 1.29 is 9.59 Å². The Labute approximate surface area is 96.2 Å². The Hall–Kier alpha value is -1.63. The third kappa shape index (κ3) is 2.48. The van der Waals surface area contributed by atoms with Crippen molar-refractivity contribution in [1.29, 1.82) is 0 Å². The van der Waals surface area contributed by atoms with Crippen LogP contribution in [0.2, 0.25) is 0 Å². The molecule has 1 fully saturated rings. The number of anilines is 1. The quantitative estimate of drug-likeness (QED) is 0.663. The number of thiazole rings is 1. The van der Waals surface area contributed by atoms with E-state index in [1.165, 1.54) is 11.3 Å². The van der Waals surface area contributed by atoms with Crippen LogP contribution in [-0.4, -0.2) is 29.4 Å². The minimum Gasteiger partial charge on any atom is -0.375 e. The first-order valence-corrected chi connectivity index (χ1v) is 5.81. The van der Waals surface area contributed by atoms with E-state index in [4.69, 9.17) is 5.73 Å². The van der Waals surface area contributed by atoms with E-state index in [1.807, 2.05) is 0 Å². The van der Waals surface area contributed by atoms with Crippen molar-refractivity contribution in [2.45, 2.75) is 18.9 Å². The number of carbonyl (C=O) groups excluding carboxylic acids is 2. The third-order valence-electron chi connectivity index (χ3n) is 2.36. The first-order chi connectivity index (χ1) is 7.65. The topological polar surface area (TPSA) is 97.1 Å². The fourth-order valence-electron chi connectivity index (χ4n) is 1.51. The predicted molar refractivity (Wildman–Crippen MR) is 60.0 cm³/mol. The van der Waals surface area contributed by atoms with Crippen LogP contribution in [0.3, 0.4) is 0 Å². The lowest BCUT2D eigenvalue weighted by Gasteiger charge is -2.22. The molecule has 0 aromatic carbocycles. The van der Waals surface area contributed by atoms with Gasteiger partial charge in [0.1, 0.15) is 5.69 Å². The Bertz CT molecular complexity index is 407. The molecule has 1 atom stereocenters. The number of nitrogens with zero attached hydrogens (tertiary/aromatic N) is 1. The number of nitrogens with one attached hydrogen (secondary N) is 2. The molecule has 1 aliphatic rings. The van der Waals surface area contributed by atoms with Crippen molar-refractivity contribution in [2.75, 3.05) is 12.3 Å². The highest BCUT2D eigenvalue weighted by atomic mass is 32.1. The molecule has 0 bridgehead atoms. The number of amides is 2. The van der Waals surface area contributed by atoms with Gasteiger partial charge < -0.3 is 16.4 Å². The summed E-state index contributed by atoms with van der Waals surface area (Å²) >= 11 is 1.23. The van der Waals surface area contributed by atoms with Crippen LogP contribution in [0.15, 0.2) is 5.38 Å². The van der Waals surface area contributed by atoms with E-state index in [9.17, 15) is 9.59 Å². The third-order valence-corrected chi connectivity index (χ3v) is 3.03. The molecule has 1 saturated heterocycles. The molecule has 0 spiro atoms. The predicted octanol–water partition coefficient (Wildman–Crippen LogP) is -0.266. The molecule has 1 aliphatic heterocycles. The summed E-state index contributed by atoms with van der Waals surface area (Å²) in [6.07, 6.45) is 1.11. The molecule has 1 aromatic heterocycles. The molecule has 2 amide bonds. The van der Waals surface area contributed by atoms with Crippen molar-refractivity contribution in [1.82, 2.24) is 15.6 Å². The van der Waals surface area contributed by atoms with Gasteiger partial charge >= 0.3 is 0 Å². The first kappa shape index (κ1) is 10.9. The summed E-state index contributed by atoms with van der Waals surface area (Å²) in [4.78, 5) is 26.5. The number of piperidine rings is 1. The van der Waals surface area contributed by atoms with Gasteiger partial charge in [0.05, 0.1) is 0 Å². The van der Waals surface area contributed by atoms with Gasteiger partial charge in [0.2, 0.25) is 5.91 Å². The second kappa shape index (κ2) is 4.48. The molecule has 0 saturated carbocycles. The van der Waals surface area contributed by atoms with Gasteiger partial charge in [-0.2, -0.15) is 0 Å². The number of hydrogen-bond acceptors (Lipinski definition) is 5. The summed E-state index contributed by atoms with van der Waals surface area (Å²) < 4.78 is 0. The van der Waals surface area contributed by atoms with Crippen molar-refractivity contribution >= 4 is 28.3 Å². The highest BCUT2D eigenvalue weighted by molar-refractivity contribution is 7.13. The van der Waals surface area contributed by atoms with Gasteiger partial charge in [0, 0.05) is 24.4 Å². The second-order valence-electron chi connectivity index (χ2n) is 3.58. The SMILES string of the molecule is Nc1nc(C(=O)NC2CCC(=O)NC2)cs1. The molecule has 0 aliphatic carbocycles. The second-order valence-corrected chi connectivity index (χ2v) is 4.47. The van der Waals surface area contributed by atoms with Gasteiger partial charge in [-0.15, -0.1) is 11.3 Å². The summed E-state index contributed by atoms with van der Waals surface area (Å²) in [5.74, 6) is -0.211. The highest BCUT2D eigenvalue weighted by Crippen LogP contribution is 2.11. The van der Waals surface area contributed by atoms with E-state index in [0.717, 1.165) is 0 Å². The summed E-state index contributed by atoms with van der Waals surface area (Å²) in [7, 11) is 0. The van der Waals surface area contributed by atoms with E-state index < -0.39 is 0 Å². The van der Waals surface area contributed by atoms with Gasteiger partial charge in [0.25, 0.3) is 5.91 Å². The van der Waals surface area contributed by atoms with Gasteiger partial charge in [-0.05, 0) is 6.42 Å². The van der Waals surface area contributed by atoms with E-state index in [1.54, 1.807) is 5.38 Å². The minimum absolute atomic E-state index is 0.0203. The van der Waals surface area contributed by atoms with Crippen LogP contribution in [0.5, 0.6) is 0 Å². The summed E-state index contributed by atoms with van der Waals surface area (Å²) in [6.45, 7) is 0.476. The molecule has 2 heterocycles. The summed E-state index contributed by atoms with van der Waals surface area (Å²) in [5, 5.41) is 7.50. The van der Waals surface area contributed by atoms with Crippen LogP contribution in [0.4, 0.5) is 5.13 Å². The Kier molecular flexibility index (Phi) is 3.04. The molecule has 7 heteroatoms. The van der Waals surface area contributed by atoms with E-state index >= 15 is 0 Å². The fourth-order valence-corrected chi connectivity index (χ4v) is 2.05. The van der Waals surface area contributed by atoms with Crippen LogP contribution >= 0.6 is 11.3 Å². The zero-order chi connectivity index (χ0) is 11.5. The molecule has 0 radical (unpaired) electrons. The van der Waals surface area contributed by atoms with Crippen LogP contribution in [0, 0.1) is 0 Å². The van der Waals surface area contributed by atoms with Gasteiger partial charge in [0.15, 0.2) is 5.13 Å². The lowest BCUT2D eigenvalue weighted by Crippen LogP contribution is -2.47. The van der Waals surface area contributed by atoms with Crippen molar-refractivity contribution in [3.63, 3.8) is 0 Å². The lowest BCUT2D eigenvalue weighted by molar-refractivity contribution is -0.122. The summed E-state index contributed by atoms with van der Waals surface area (Å²) in [5.41, 5.74) is 5.77. The number of nitrogen functional groups attached to an aromatic ring is 1. The van der Waals surface area contributed by atoms with Crippen LogP contribution < -0.4 is 16.4 Å². The maximum Gasteiger partial charge on any atom is 0.271 e. The van der Waals surface area contributed by atoms with Crippen LogP contribution in [0.25, 0.3) is 0 Å². The normalized spacial score (nSPS) is 20.2. The summed E-state index contributed by atoms with van der Waals surface area (Å²) in [6, 6.07) is -0.0203. The van der Waals surface area contributed by atoms with E-state index in [-0.39, 0.29) is 17.9 Å². The Morgan fingerprint density at radius 3 is 3.06 bits per heavy atom. The van der Waals surface area contributed by atoms with Crippen molar-refractivity contribution in [3.05, 3.63) is 11.1 Å². The zero-order valence-corrected chi connectivity index (χ0v) is 9.34. The van der Waals surface area contributed by atoms with Crippen molar-refractivity contribution in [2.24, 2.45) is 0 Å². The van der Waals surface area contributed by atoms with Gasteiger partial charge in [-0.1, -0.05) is 0 Å². The molecule has 2 rings (SSSR count). The molecule has 6 nitrogen and oxygen atoms in total. The van der Waals surface area contributed by atoms with Gasteiger partial charge in [-0.3, -0.25) is 9.59 Å². The molecule has 86 valence electrons. The Balaban J connectivity index is 1.90. The maximum absolute atomic E-state index is 11.7. The van der Waals surface area contributed by atoms with Crippen LogP contribution in [0.1, 0.15) is 23.3 Å². The van der Waals surface area contributed by atoms with Crippen molar-refractivity contribution in [3.8, 4) is 0 Å². The molecule has 4 N–H and O–H groups in total. The lowest BCUT2D eigenvalue weighted by atomic mass is 10.1. The molecular formula is C9H12N4O2S. The standard InChI is InChI=1S/C9H12N4O2S/c10-9-13-6(4-16-9)8(15)12-5-1-2-7(14)11-3-5/h4-5H,1-3H2,(H2,10,13)(H,11,14)(H,12,15). The first-order valence-electron chi connectivity index (χ1n) is 4.93. The molecule has 16 heavy (non-hydrogen) atoms. The molecule has 1 aromatic rings. The largest absolute Gasteiger partial charge is 0.375 e. The maximum atomic E-state index is 11.7. The number of rotatable bonds is 2. The number of nitrogens with two attached hydrogens (primary N) is 1. The zero-order valence-electron chi connectivity index (χ0n) is 8.53. The smallest absolute Gasteiger partial charge is 0.271 e. The monoisotopic (exact) mass is 240 g/mol. The van der Waals surface area contributed by atoms with E-state index in [2.05, 4.69) is 15.6 Å². The minimum atomic E-state index is -0.242. The van der Waals surface area contributed by atoms with Gasteiger partial charge in [-0.25, -0.2) is 4.98 Å². The van der Waals surface area contributed by atoms with Crippen LogP contribution in [-0.2, 0) is 4.79 Å². The number of hydrogen-bond donors (Lipinski definition) is 3. The molecule has 1 unspecified atom stereocenters. The molecular weight excluding hydrogens is 228 g/mol. The average Bonchev–Trinajstić information content (AvgIpc) is 2.68.